The van der Waals surface area contributed by atoms with Crippen molar-refractivity contribution in [3.05, 3.63) is 29.6 Å². The SMILES string of the molecule is COC(=O)CCCCCCOc1cc(C(C)C)ccc1F. The topological polar surface area (TPSA) is 35.5 Å². The molecule has 0 bridgehead atoms. The first kappa shape index (κ1) is 17.5. The Morgan fingerprint density at radius 3 is 2.57 bits per heavy atom. The summed E-state index contributed by atoms with van der Waals surface area (Å²) in [5.41, 5.74) is 1.07. The third kappa shape index (κ3) is 6.61. The summed E-state index contributed by atoms with van der Waals surface area (Å²) in [6, 6.07) is 5.03. The van der Waals surface area contributed by atoms with E-state index in [9.17, 15) is 9.18 Å². The van der Waals surface area contributed by atoms with Crippen LogP contribution in [0.1, 0.15) is 57.4 Å². The highest BCUT2D eigenvalue weighted by Crippen LogP contribution is 2.23. The van der Waals surface area contributed by atoms with Crippen LogP contribution in [0.15, 0.2) is 18.2 Å². The smallest absolute Gasteiger partial charge is 0.305 e. The number of carbonyl (C=O) groups excluding carboxylic acids is 1. The summed E-state index contributed by atoms with van der Waals surface area (Å²) in [6.45, 7) is 4.63. The second kappa shape index (κ2) is 9.37. The van der Waals surface area contributed by atoms with Crippen molar-refractivity contribution in [1.82, 2.24) is 0 Å². The van der Waals surface area contributed by atoms with E-state index in [0.717, 1.165) is 31.2 Å². The molecule has 0 saturated carbocycles. The first-order chi connectivity index (χ1) is 10.0. The molecular formula is C17H25FO3. The van der Waals surface area contributed by atoms with E-state index in [2.05, 4.69) is 18.6 Å². The summed E-state index contributed by atoms with van der Waals surface area (Å²) in [7, 11) is 1.40. The number of benzene rings is 1. The molecule has 0 atom stereocenters. The normalized spacial score (nSPS) is 10.7. The van der Waals surface area contributed by atoms with Crippen LogP contribution < -0.4 is 4.74 Å². The van der Waals surface area contributed by atoms with Gasteiger partial charge in [0.05, 0.1) is 13.7 Å². The lowest BCUT2D eigenvalue weighted by atomic mass is 10.0. The van der Waals surface area contributed by atoms with E-state index in [4.69, 9.17) is 4.74 Å². The molecule has 1 aromatic rings. The van der Waals surface area contributed by atoms with Gasteiger partial charge in [0.1, 0.15) is 0 Å². The number of hydrogen-bond donors (Lipinski definition) is 0. The summed E-state index contributed by atoms with van der Waals surface area (Å²) in [4.78, 5) is 10.9. The van der Waals surface area contributed by atoms with Crippen LogP contribution >= 0.6 is 0 Å². The Bertz CT molecular complexity index is 444. The summed E-state index contributed by atoms with van der Waals surface area (Å²) in [6.07, 6.45) is 4.05. The molecule has 0 aliphatic carbocycles. The Morgan fingerprint density at radius 2 is 1.90 bits per heavy atom. The predicted octanol–water partition coefficient (Wildman–Crippen LogP) is 4.45. The maximum Gasteiger partial charge on any atom is 0.305 e. The van der Waals surface area contributed by atoms with Crippen LogP contribution in [-0.4, -0.2) is 19.7 Å². The van der Waals surface area contributed by atoms with Crippen molar-refractivity contribution in [2.75, 3.05) is 13.7 Å². The number of esters is 1. The van der Waals surface area contributed by atoms with Crippen molar-refractivity contribution in [3.8, 4) is 5.75 Å². The molecule has 0 saturated heterocycles. The zero-order valence-electron chi connectivity index (χ0n) is 13.2. The Morgan fingerprint density at radius 1 is 1.19 bits per heavy atom. The summed E-state index contributed by atoms with van der Waals surface area (Å²) >= 11 is 0. The van der Waals surface area contributed by atoms with Gasteiger partial charge >= 0.3 is 5.97 Å². The third-order valence-corrected chi connectivity index (χ3v) is 3.38. The Labute approximate surface area is 126 Å². The number of halogens is 1. The van der Waals surface area contributed by atoms with E-state index in [1.807, 2.05) is 0 Å². The maximum absolute atomic E-state index is 13.6. The second-order valence-electron chi connectivity index (χ2n) is 5.43. The largest absolute Gasteiger partial charge is 0.491 e. The van der Waals surface area contributed by atoms with Gasteiger partial charge < -0.3 is 9.47 Å². The Kier molecular flexibility index (Phi) is 7.80. The van der Waals surface area contributed by atoms with Crippen LogP contribution in [0.2, 0.25) is 0 Å². The summed E-state index contributed by atoms with van der Waals surface area (Å²) in [5.74, 6) is 0.200. The van der Waals surface area contributed by atoms with Crippen molar-refractivity contribution < 1.29 is 18.7 Å². The van der Waals surface area contributed by atoms with Crippen LogP contribution in [0.3, 0.4) is 0 Å². The van der Waals surface area contributed by atoms with Crippen molar-refractivity contribution in [2.24, 2.45) is 0 Å². The molecular weight excluding hydrogens is 271 g/mol. The highest BCUT2D eigenvalue weighted by molar-refractivity contribution is 5.68. The number of ether oxygens (including phenoxy) is 2. The minimum absolute atomic E-state index is 0.168. The average Bonchev–Trinajstić information content (AvgIpc) is 2.47. The van der Waals surface area contributed by atoms with E-state index < -0.39 is 0 Å². The van der Waals surface area contributed by atoms with Crippen LogP contribution in [0.25, 0.3) is 0 Å². The van der Waals surface area contributed by atoms with Gasteiger partial charge in [0, 0.05) is 6.42 Å². The molecule has 0 heterocycles. The zero-order valence-corrected chi connectivity index (χ0v) is 13.2. The number of methoxy groups -OCH3 is 1. The van der Waals surface area contributed by atoms with Crippen molar-refractivity contribution >= 4 is 5.97 Å². The van der Waals surface area contributed by atoms with Crippen molar-refractivity contribution in [1.29, 1.82) is 0 Å². The van der Waals surface area contributed by atoms with Crippen LogP contribution in [0, 0.1) is 5.82 Å². The van der Waals surface area contributed by atoms with E-state index in [-0.39, 0.29) is 11.8 Å². The van der Waals surface area contributed by atoms with Gasteiger partial charge in [-0.25, -0.2) is 4.39 Å². The molecule has 4 heteroatoms. The summed E-state index contributed by atoms with van der Waals surface area (Å²) in [5, 5.41) is 0. The molecule has 118 valence electrons. The molecule has 0 radical (unpaired) electrons. The summed E-state index contributed by atoms with van der Waals surface area (Å²) < 4.78 is 23.7. The molecule has 21 heavy (non-hydrogen) atoms. The van der Waals surface area contributed by atoms with E-state index in [1.165, 1.54) is 13.2 Å². The molecule has 3 nitrogen and oxygen atoms in total. The molecule has 0 aromatic heterocycles. The van der Waals surface area contributed by atoms with Crippen LogP contribution in [-0.2, 0) is 9.53 Å². The molecule has 0 unspecified atom stereocenters. The first-order valence-electron chi connectivity index (χ1n) is 7.53. The standard InChI is InChI=1S/C17H25FO3/c1-13(2)14-9-10-15(18)16(12-14)21-11-7-5-4-6-8-17(19)20-3/h9-10,12-13H,4-8,11H2,1-3H3. The Balaban J connectivity index is 2.23. The minimum atomic E-state index is -0.315. The first-order valence-corrected chi connectivity index (χ1v) is 7.53. The van der Waals surface area contributed by atoms with Crippen molar-refractivity contribution in [2.45, 2.75) is 51.9 Å². The minimum Gasteiger partial charge on any atom is -0.491 e. The third-order valence-electron chi connectivity index (χ3n) is 3.38. The fourth-order valence-corrected chi connectivity index (χ4v) is 2.00. The van der Waals surface area contributed by atoms with Crippen LogP contribution in [0.4, 0.5) is 4.39 Å². The number of unbranched alkanes of at least 4 members (excludes halogenated alkanes) is 3. The maximum atomic E-state index is 13.6. The van der Waals surface area contributed by atoms with Gasteiger partial charge in [-0.15, -0.1) is 0 Å². The van der Waals surface area contributed by atoms with E-state index in [1.54, 1.807) is 12.1 Å². The average molecular weight is 296 g/mol. The van der Waals surface area contributed by atoms with Gasteiger partial charge in [-0.05, 0) is 36.5 Å². The Hall–Kier alpha value is -1.58. The molecule has 0 aliphatic rings. The lowest BCUT2D eigenvalue weighted by Crippen LogP contribution is -2.02. The molecule has 0 aliphatic heterocycles. The quantitative estimate of drug-likeness (QED) is 0.499. The van der Waals surface area contributed by atoms with E-state index in [0.29, 0.717) is 24.7 Å². The van der Waals surface area contributed by atoms with Gasteiger partial charge in [0.15, 0.2) is 11.6 Å². The van der Waals surface area contributed by atoms with E-state index >= 15 is 0 Å². The molecule has 0 fully saturated rings. The lowest BCUT2D eigenvalue weighted by Gasteiger charge is -2.11. The fraction of sp³-hybridized carbons (Fsp3) is 0.588. The van der Waals surface area contributed by atoms with Gasteiger partial charge in [-0.1, -0.05) is 32.8 Å². The van der Waals surface area contributed by atoms with Gasteiger partial charge in [-0.3, -0.25) is 4.79 Å². The number of hydrogen-bond acceptors (Lipinski definition) is 3. The lowest BCUT2D eigenvalue weighted by molar-refractivity contribution is -0.140. The highest BCUT2D eigenvalue weighted by Gasteiger charge is 2.07. The number of carbonyl (C=O) groups is 1. The monoisotopic (exact) mass is 296 g/mol. The van der Waals surface area contributed by atoms with Crippen LogP contribution in [0.5, 0.6) is 5.75 Å². The zero-order chi connectivity index (χ0) is 15.7. The predicted molar refractivity (Wildman–Crippen MR) is 81.1 cm³/mol. The van der Waals surface area contributed by atoms with Crippen molar-refractivity contribution in [3.63, 3.8) is 0 Å². The van der Waals surface area contributed by atoms with Gasteiger partial charge in [0.2, 0.25) is 0 Å². The van der Waals surface area contributed by atoms with Gasteiger partial charge in [-0.2, -0.15) is 0 Å². The molecule has 0 N–H and O–H groups in total. The highest BCUT2D eigenvalue weighted by atomic mass is 19.1. The number of rotatable bonds is 9. The molecule has 0 amide bonds. The molecule has 0 spiro atoms. The fourth-order valence-electron chi connectivity index (χ4n) is 2.00. The molecule has 1 rings (SSSR count). The van der Waals surface area contributed by atoms with Gasteiger partial charge in [0.25, 0.3) is 0 Å². The molecule has 1 aromatic carbocycles. The second-order valence-corrected chi connectivity index (χ2v) is 5.43.